The van der Waals surface area contributed by atoms with Crippen LogP contribution in [0.25, 0.3) is 0 Å². The van der Waals surface area contributed by atoms with Crippen LogP contribution in [0.4, 0.5) is 0 Å². The second-order valence-electron chi connectivity index (χ2n) is 4.15. The summed E-state index contributed by atoms with van der Waals surface area (Å²) in [4.78, 5) is 2.40. The summed E-state index contributed by atoms with van der Waals surface area (Å²) >= 11 is 0. The van der Waals surface area contributed by atoms with E-state index in [9.17, 15) is 5.11 Å². The maximum Gasteiger partial charge on any atom is 0.0603 e. The molecule has 4 heteroatoms. The van der Waals surface area contributed by atoms with Gasteiger partial charge in [0.2, 0.25) is 0 Å². The number of halogens is 1. The average Bonchev–Trinajstić information content (AvgIpc) is 2.02. The summed E-state index contributed by atoms with van der Waals surface area (Å²) in [6.45, 7) is 9.18. The molecule has 0 amide bonds. The average molecular weight is 209 g/mol. The van der Waals surface area contributed by atoms with Crippen LogP contribution in [0.15, 0.2) is 0 Å². The van der Waals surface area contributed by atoms with Gasteiger partial charge in [-0.1, -0.05) is 0 Å². The molecule has 0 aromatic carbocycles. The molecule has 1 heterocycles. The van der Waals surface area contributed by atoms with Gasteiger partial charge in [0.15, 0.2) is 0 Å². The van der Waals surface area contributed by atoms with E-state index in [2.05, 4.69) is 10.2 Å². The summed E-state index contributed by atoms with van der Waals surface area (Å²) in [6, 6.07) is 0. The van der Waals surface area contributed by atoms with Crippen LogP contribution in [0.3, 0.4) is 0 Å². The molecule has 0 aromatic heterocycles. The summed E-state index contributed by atoms with van der Waals surface area (Å²) in [7, 11) is 0. The molecule has 0 atom stereocenters. The smallest absolute Gasteiger partial charge is 0.0603 e. The largest absolute Gasteiger partial charge is 0.390 e. The number of hydrogen-bond acceptors (Lipinski definition) is 3. The van der Waals surface area contributed by atoms with Crippen molar-refractivity contribution in [1.29, 1.82) is 0 Å². The Kier molecular flexibility index (Phi) is 5.88. The fourth-order valence-corrected chi connectivity index (χ4v) is 1.37. The first-order valence-electron chi connectivity index (χ1n) is 4.73. The van der Waals surface area contributed by atoms with Crippen LogP contribution in [0, 0.1) is 0 Å². The number of aliphatic hydroxyl groups is 1. The van der Waals surface area contributed by atoms with Crippen LogP contribution in [0.1, 0.15) is 20.3 Å². The minimum atomic E-state index is -0.509. The van der Waals surface area contributed by atoms with Crippen molar-refractivity contribution >= 4 is 12.4 Å². The fraction of sp³-hybridized carbons (Fsp3) is 1.00. The number of piperazine rings is 1. The Labute approximate surface area is 86.9 Å². The second kappa shape index (κ2) is 5.81. The molecule has 1 rings (SSSR count). The van der Waals surface area contributed by atoms with E-state index in [1.807, 2.05) is 13.8 Å². The van der Waals surface area contributed by atoms with Crippen LogP contribution < -0.4 is 5.32 Å². The van der Waals surface area contributed by atoms with Crippen LogP contribution >= 0.6 is 12.4 Å². The summed E-state index contributed by atoms with van der Waals surface area (Å²) in [5.74, 6) is 0. The molecule has 0 saturated carbocycles. The Bertz CT molecular complexity index is 130. The molecule has 0 bridgehead atoms. The lowest BCUT2D eigenvalue weighted by molar-refractivity contribution is 0.0560. The molecular weight excluding hydrogens is 188 g/mol. The number of rotatable bonds is 3. The van der Waals surface area contributed by atoms with Gasteiger partial charge in [0, 0.05) is 32.7 Å². The summed E-state index contributed by atoms with van der Waals surface area (Å²) in [5, 5.41) is 12.8. The Hall–Kier alpha value is 0.170. The Morgan fingerprint density at radius 3 is 2.31 bits per heavy atom. The monoisotopic (exact) mass is 208 g/mol. The number of nitrogens with one attached hydrogen (secondary N) is 1. The van der Waals surface area contributed by atoms with Crippen LogP contribution in [0.2, 0.25) is 0 Å². The minimum Gasteiger partial charge on any atom is -0.390 e. The Morgan fingerprint density at radius 2 is 1.85 bits per heavy atom. The standard InChI is InChI=1S/C9H20N2O.ClH/c1-9(2,12)3-6-11-7-4-10-5-8-11;/h10,12H,3-8H2,1-2H3;1H. The highest BCUT2D eigenvalue weighted by Crippen LogP contribution is 2.08. The van der Waals surface area contributed by atoms with E-state index < -0.39 is 5.60 Å². The first kappa shape index (κ1) is 13.2. The van der Waals surface area contributed by atoms with Crippen molar-refractivity contribution in [1.82, 2.24) is 10.2 Å². The van der Waals surface area contributed by atoms with E-state index in [4.69, 9.17) is 0 Å². The third-order valence-electron chi connectivity index (χ3n) is 2.25. The SMILES string of the molecule is CC(C)(O)CCN1CCNCC1.Cl. The van der Waals surface area contributed by atoms with Gasteiger partial charge in [-0.15, -0.1) is 12.4 Å². The van der Waals surface area contributed by atoms with Gasteiger partial charge in [0.25, 0.3) is 0 Å². The van der Waals surface area contributed by atoms with Crippen LogP contribution in [-0.4, -0.2) is 48.3 Å². The maximum absolute atomic E-state index is 9.51. The first-order valence-corrected chi connectivity index (χ1v) is 4.73. The molecule has 0 aliphatic carbocycles. The quantitative estimate of drug-likeness (QED) is 0.708. The lowest BCUT2D eigenvalue weighted by Crippen LogP contribution is -2.44. The van der Waals surface area contributed by atoms with Crippen molar-refractivity contribution < 1.29 is 5.11 Å². The first-order chi connectivity index (χ1) is 5.58. The van der Waals surface area contributed by atoms with Gasteiger partial charge in [0.05, 0.1) is 5.60 Å². The summed E-state index contributed by atoms with van der Waals surface area (Å²) < 4.78 is 0. The lowest BCUT2D eigenvalue weighted by Gasteiger charge is -2.29. The molecule has 1 aliphatic heterocycles. The molecule has 80 valence electrons. The minimum absolute atomic E-state index is 0. The molecule has 3 nitrogen and oxygen atoms in total. The topological polar surface area (TPSA) is 35.5 Å². The van der Waals surface area contributed by atoms with Gasteiger partial charge in [-0.05, 0) is 20.3 Å². The van der Waals surface area contributed by atoms with Crippen molar-refractivity contribution in [2.24, 2.45) is 0 Å². The highest BCUT2D eigenvalue weighted by Gasteiger charge is 2.15. The van der Waals surface area contributed by atoms with Crippen LogP contribution in [0.5, 0.6) is 0 Å². The van der Waals surface area contributed by atoms with E-state index >= 15 is 0 Å². The predicted molar refractivity (Wildman–Crippen MR) is 57.5 cm³/mol. The molecule has 0 spiro atoms. The van der Waals surface area contributed by atoms with E-state index in [1.54, 1.807) is 0 Å². The molecule has 2 N–H and O–H groups in total. The van der Waals surface area contributed by atoms with Gasteiger partial charge in [-0.3, -0.25) is 0 Å². The highest BCUT2D eigenvalue weighted by molar-refractivity contribution is 5.85. The fourth-order valence-electron chi connectivity index (χ4n) is 1.37. The zero-order valence-electron chi connectivity index (χ0n) is 8.55. The van der Waals surface area contributed by atoms with Crippen molar-refractivity contribution in [2.45, 2.75) is 25.9 Å². The second-order valence-corrected chi connectivity index (χ2v) is 4.15. The molecule has 1 saturated heterocycles. The zero-order valence-corrected chi connectivity index (χ0v) is 9.36. The normalized spacial score (nSPS) is 19.6. The molecule has 1 aliphatic rings. The summed E-state index contributed by atoms with van der Waals surface area (Å²) in [5.41, 5.74) is -0.509. The predicted octanol–water partition coefficient (Wildman–Crippen LogP) is 0.474. The van der Waals surface area contributed by atoms with E-state index in [0.29, 0.717) is 0 Å². The van der Waals surface area contributed by atoms with Gasteiger partial charge < -0.3 is 15.3 Å². The molecule has 13 heavy (non-hydrogen) atoms. The Morgan fingerprint density at radius 1 is 1.31 bits per heavy atom. The highest BCUT2D eigenvalue weighted by atomic mass is 35.5. The van der Waals surface area contributed by atoms with E-state index in [0.717, 1.165) is 39.1 Å². The number of hydrogen-bond donors (Lipinski definition) is 2. The molecule has 1 fully saturated rings. The molecule has 0 unspecified atom stereocenters. The van der Waals surface area contributed by atoms with Crippen molar-refractivity contribution in [3.8, 4) is 0 Å². The number of nitrogens with zero attached hydrogens (tertiary/aromatic N) is 1. The maximum atomic E-state index is 9.51. The lowest BCUT2D eigenvalue weighted by atomic mass is 10.1. The van der Waals surface area contributed by atoms with E-state index in [1.165, 1.54) is 0 Å². The van der Waals surface area contributed by atoms with Gasteiger partial charge in [0.1, 0.15) is 0 Å². The molecule has 0 radical (unpaired) electrons. The van der Waals surface area contributed by atoms with Crippen molar-refractivity contribution in [3.63, 3.8) is 0 Å². The van der Waals surface area contributed by atoms with Crippen LogP contribution in [-0.2, 0) is 0 Å². The van der Waals surface area contributed by atoms with Gasteiger partial charge >= 0.3 is 0 Å². The van der Waals surface area contributed by atoms with Gasteiger partial charge in [-0.2, -0.15) is 0 Å². The van der Waals surface area contributed by atoms with E-state index in [-0.39, 0.29) is 12.4 Å². The van der Waals surface area contributed by atoms with Gasteiger partial charge in [-0.25, -0.2) is 0 Å². The summed E-state index contributed by atoms with van der Waals surface area (Å²) in [6.07, 6.45) is 0.868. The van der Waals surface area contributed by atoms with Crippen molar-refractivity contribution in [3.05, 3.63) is 0 Å². The zero-order chi connectivity index (χ0) is 9.03. The molecular formula is C9H21ClN2O. The third kappa shape index (κ3) is 6.27. The molecule has 0 aromatic rings. The third-order valence-corrected chi connectivity index (χ3v) is 2.25. The van der Waals surface area contributed by atoms with Crippen molar-refractivity contribution in [2.75, 3.05) is 32.7 Å². The Balaban J connectivity index is 0.00000144.